The van der Waals surface area contributed by atoms with E-state index in [1.807, 2.05) is 24.5 Å². The van der Waals surface area contributed by atoms with Crippen LogP contribution in [0.1, 0.15) is 6.92 Å². The molecule has 8 heteroatoms. The Morgan fingerprint density at radius 2 is 2.41 bits per heavy atom. The van der Waals surface area contributed by atoms with Gasteiger partial charge in [0.05, 0.1) is 23.3 Å². The lowest BCUT2D eigenvalue weighted by atomic mass is 10.2. The molecule has 22 heavy (non-hydrogen) atoms. The number of ether oxygens (including phenoxy) is 1. The Kier molecular flexibility index (Phi) is 4.21. The Balaban J connectivity index is 1.78. The molecule has 116 valence electrons. The van der Waals surface area contributed by atoms with Gasteiger partial charge < -0.3 is 10.1 Å². The van der Waals surface area contributed by atoms with E-state index in [-0.39, 0.29) is 18.1 Å². The minimum Gasteiger partial charge on any atom is -0.442 e. The minimum atomic E-state index is -0.385. The summed E-state index contributed by atoms with van der Waals surface area (Å²) in [7, 11) is 0. The Labute approximate surface area is 135 Å². The molecule has 0 saturated carbocycles. The molecule has 0 spiro atoms. The smallest absolute Gasteiger partial charge is 0.414 e. The number of carbonyl (C=O) groups excluding carboxylic acids is 2. The summed E-state index contributed by atoms with van der Waals surface area (Å²) in [6.45, 7) is 2.20. The summed E-state index contributed by atoms with van der Waals surface area (Å²) >= 11 is 3.21. The molecule has 1 aromatic carbocycles. The third kappa shape index (κ3) is 3.02. The van der Waals surface area contributed by atoms with E-state index in [1.54, 1.807) is 28.0 Å². The van der Waals surface area contributed by atoms with Crippen molar-refractivity contribution in [2.24, 2.45) is 0 Å². The number of thioether (sulfide) groups is 1. The Morgan fingerprint density at radius 3 is 3.14 bits per heavy atom. The number of nitrogens with zero attached hydrogens (tertiary/aromatic N) is 2. The van der Waals surface area contributed by atoms with Gasteiger partial charge in [-0.1, -0.05) is 11.8 Å². The summed E-state index contributed by atoms with van der Waals surface area (Å²) in [4.78, 5) is 29.0. The first-order valence-electron chi connectivity index (χ1n) is 6.74. The van der Waals surface area contributed by atoms with Gasteiger partial charge in [-0.15, -0.1) is 11.3 Å². The number of thiazole rings is 1. The van der Waals surface area contributed by atoms with E-state index in [4.69, 9.17) is 4.74 Å². The van der Waals surface area contributed by atoms with E-state index in [1.165, 1.54) is 6.92 Å². The molecule has 2 aromatic rings. The van der Waals surface area contributed by atoms with E-state index in [2.05, 4.69) is 10.3 Å². The zero-order chi connectivity index (χ0) is 15.7. The number of rotatable bonds is 4. The summed E-state index contributed by atoms with van der Waals surface area (Å²) in [5.41, 5.74) is 1.72. The molecule has 0 bridgehead atoms. The van der Waals surface area contributed by atoms with Crippen molar-refractivity contribution in [2.75, 3.05) is 24.2 Å². The summed E-state index contributed by atoms with van der Waals surface area (Å²) in [5.74, 6) is -0.134. The maximum Gasteiger partial charge on any atom is 0.414 e. The highest BCUT2D eigenvalue weighted by molar-refractivity contribution is 8.00. The number of benzene rings is 1. The van der Waals surface area contributed by atoms with Crippen LogP contribution in [0, 0.1) is 0 Å². The fourth-order valence-electron chi connectivity index (χ4n) is 2.24. The quantitative estimate of drug-likeness (QED) is 0.868. The molecule has 0 unspecified atom stereocenters. The van der Waals surface area contributed by atoms with Crippen molar-refractivity contribution in [2.45, 2.75) is 17.4 Å². The lowest BCUT2D eigenvalue weighted by molar-refractivity contribution is -0.119. The first-order chi connectivity index (χ1) is 10.6. The molecule has 1 saturated heterocycles. The molecule has 1 fully saturated rings. The van der Waals surface area contributed by atoms with Crippen LogP contribution in [0.15, 0.2) is 22.5 Å². The van der Waals surface area contributed by atoms with Crippen LogP contribution < -0.4 is 10.2 Å². The van der Waals surface area contributed by atoms with Gasteiger partial charge in [-0.2, -0.15) is 0 Å². The molecule has 1 atom stereocenters. The van der Waals surface area contributed by atoms with E-state index >= 15 is 0 Å². The molecule has 1 aromatic heterocycles. The van der Waals surface area contributed by atoms with Crippen LogP contribution >= 0.6 is 23.1 Å². The van der Waals surface area contributed by atoms with Crippen molar-refractivity contribution >= 4 is 51.0 Å². The van der Waals surface area contributed by atoms with Crippen LogP contribution in [0.25, 0.3) is 10.2 Å². The predicted octanol–water partition coefficient (Wildman–Crippen LogP) is 2.48. The zero-order valence-corrected chi connectivity index (χ0v) is 13.8. The third-order valence-corrected chi connectivity index (χ3v) is 5.29. The van der Waals surface area contributed by atoms with Gasteiger partial charge in [-0.3, -0.25) is 9.69 Å². The SMILES string of the molecule is CSc1nc2ccc(N3C[C@H](CNC(C)=O)OC3=O)cc2s1. The van der Waals surface area contributed by atoms with Gasteiger partial charge in [0.15, 0.2) is 4.34 Å². The van der Waals surface area contributed by atoms with Gasteiger partial charge >= 0.3 is 6.09 Å². The van der Waals surface area contributed by atoms with Gasteiger partial charge in [-0.05, 0) is 24.5 Å². The average molecular weight is 337 g/mol. The molecule has 1 aliphatic rings. The van der Waals surface area contributed by atoms with Crippen LogP contribution in [-0.4, -0.2) is 42.4 Å². The molecule has 1 aliphatic heterocycles. The first-order valence-corrected chi connectivity index (χ1v) is 8.78. The fourth-order valence-corrected chi connectivity index (χ4v) is 3.77. The molecule has 2 heterocycles. The lowest BCUT2D eigenvalue weighted by Crippen LogP contribution is -2.33. The highest BCUT2D eigenvalue weighted by Gasteiger charge is 2.32. The van der Waals surface area contributed by atoms with E-state index < -0.39 is 0 Å². The zero-order valence-electron chi connectivity index (χ0n) is 12.2. The molecule has 0 radical (unpaired) electrons. The van der Waals surface area contributed by atoms with Crippen molar-refractivity contribution in [1.29, 1.82) is 0 Å². The minimum absolute atomic E-state index is 0.134. The number of carbonyl (C=O) groups is 2. The largest absolute Gasteiger partial charge is 0.442 e. The standard InChI is InChI=1S/C14H15N3O3S2/c1-8(18)15-6-10-7-17(14(19)20-10)9-3-4-11-12(5-9)22-13(16-11)21-2/h3-5,10H,6-7H2,1-2H3,(H,15,18)/t10-/m0/s1. The maximum atomic E-state index is 12.0. The Morgan fingerprint density at radius 1 is 1.59 bits per heavy atom. The Bertz CT molecular complexity index is 731. The highest BCUT2D eigenvalue weighted by Crippen LogP contribution is 2.32. The molecule has 0 aliphatic carbocycles. The molecule has 3 rings (SSSR count). The summed E-state index contributed by atoms with van der Waals surface area (Å²) < 4.78 is 7.31. The third-order valence-electron chi connectivity index (χ3n) is 3.29. The molecular weight excluding hydrogens is 322 g/mol. The van der Waals surface area contributed by atoms with Crippen molar-refractivity contribution in [3.05, 3.63) is 18.2 Å². The molecule has 6 nitrogen and oxygen atoms in total. The van der Waals surface area contributed by atoms with Crippen LogP contribution in [0.4, 0.5) is 10.5 Å². The van der Waals surface area contributed by atoms with Gasteiger partial charge in [0.1, 0.15) is 6.10 Å². The van der Waals surface area contributed by atoms with Crippen molar-refractivity contribution in [1.82, 2.24) is 10.3 Å². The molecule has 2 amide bonds. The Hall–Kier alpha value is -1.80. The lowest BCUT2D eigenvalue weighted by Gasteiger charge is -2.12. The van der Waals surface area contributed by atoms with Crippen molar-refractivity contribution < 1.29 is 14.3 Å². The first kappa shape index (κ1) is 15.1. The highest BCUT2D eigenvalue weighted by atomic mass is 32.2. The number of aromatic nitrogens is 1. The normalized spacial score (nSPS) is 17.8. The number of cyclic esters (lactones) is 1. The van der Waals surface area contributed by atoms with E-state index in [9.17, 15) is 9.59 Å². The van der Waals surface area contributed by atoms with Gasteiger partial charge in [0.2, 0.25) is 5.91 Å². The van der Waals surface area contributed by atoms with Gasteiger partial charge in [-0.25, -0.2) is 9.78 Å². The van der Waals surface area contributed by atoms with Crippen LogP contribution in [-0.2, 0) is 9.53 Å². The number of hydrogen-bond donors (Lipinski definition) is 1. The number of hydrogen-bond acceptors (Lipinski definition) is 6. The topological polar surface area (TPSA) is 71.5 Å². The number of anilines is 1. The van der Waals surface area contributed by atoms with Gasteiger partial charge in [0.25, 0.3) is 0 Å². The second-order valence-electron chi connectivity index (χ2n) is 4.89. The molecular formula is C14H15N3O3S2. The number of nitrogens with one attached hydrogen (secondary N) is 1. The number of fused-ring (bicyclic) bond motifs is 1. The van der Waals surface area contributed by atoms with E-state index in [0.717, 1.165) is 20.2 Å². The number of amides is 2. The monoisotopic (exact) mass is 337 g/mol. The summed E-state index contributed by atoms with van der Waals surface area (Å²) in [5, 5.41) is 2.67. The fraction of sp³-hybridized carbons (Fsp3) is 0.357. The summed E-state index contributed by atoms with van der Waals surface area (Å²) in [6, 6.07) is 5.73. The average Bonchev–Trinajstić information content (AvgIpc) is 3.07. The maximum absolute atomic E-state index is 12.0. The van der Waals surface area contributed by atoms with Gasteiger partial charge in [0, 0.05) is 12.6 Å². The predicted molar refractivity (Wildman–Crippen MR) is 87.7 cm³/mol. The van der Waals surface area contributed by atoms with Crippen LogP contribution in [0.2, 0.25) is 0 Å². The van der Waals surface area contributed by atoms with Crippen LogP contribution in [0.3, 0.4) is 0 Å². The van der Waals surface area contributed by atoms with Crippen molar-refractivity contribution in [3.8, 4) is 0 Å². The van der Waals surface area contributed by atoms with E-state index in [0.29, 0.717) is 13.1 Å². The van der Waals surface area contributed by atoms with Crippen LogP contribution in [0.5, 0.6) is 0 Å². The summed E-state index contributed by atoms with van der Waals surface area (Å²) in [6.07, 6.45) is 1.28. The second kappa shape index (κ2) is 6.13. The second-order valence-corrected chi connectivity index (χ2v) is 6.97. The molecule has 1 N–H and O–H groups in total. The van der Waals surface area contributed by atoms with Crippen molar-refractivity contribution in [3.63, 3.8) is 0 Å².